The number of benzene rings is 2. The van der Waals surface area contributed by atoms with Crippen LogP contribution in [0.4, 0.5) is 18.9 Å². The molecule has 0 unspecified atom stereocenters. The Morgan fingerprint density at radius 2 is 1.52 bits per heavy atom. The predicted octanol–water partition coefficient (Wildman–Crippen LogP) is 4.83. The number of alkyl halides is 3. The number of carbonyl (C=O) groups excluding carboxylic acids is 2. The first-order valence-corrected chi connectivity index (χ1v) is 8.56. The van der Waals surface area contributed by atoms with Crippen molar-refractivity contribution in [1.29, 1.82) is 0 Å². The van der Waals surface area contributed by atoms with Crippen molar-refractivity contribution in [1.82, 2.24) is 4.90 Å². The van der Waals surface area contributed by atoms with Crippen LogP contribution in [0.5, 0.6) is 0 Å². The van der Waals surface area contributed by atoms with E-state index >= 15 is 0 Å². The van der Waals surface area contributed by atoms with Gasteiger partial charge >= 0.3 is 6.18 Å². The molecular formula is C20H21F3N2O2. The van der Waals surface area contributed by atoms with Crippen LogP contribution in [0.2, 0.25) is 0 Å². The molecule has 0 heterocycles. The number of rotatable bonds is 6. The van der Waals surface area contributed by atoms with E-state index in [0.29, 0.717) is 17.7 Å². The van der Waals surface area contributed by atoms with Gasteiger partial charge in [-0.25, -0.2) is 0 Å². The molecule has 144 valence electrons. The fourth-order valence-electron chi connectivity index (χ4n) is 2.43. The molecule has 0 bridgehead atoms. The van der Waals surface area contributed by atoms with Gasteiger partial charge < -0.3 is 10.2 Å². The van der Waals surface area contributed by atoms with Crippen molar-refractivity contribution in [3.8, 4) is 0 Å². The summed E-state index contributed by atoms with van der Waals surface area (Å²) in [7, 11) is 1.73. The standard InChI is InChI=1S/C20H21F3N2O2/c1-3-4-13-25(2)19(27)15-7-5-14(6-8-15)18(26)24-17-11-9-16(10-12-17)20(21,22)23/h5-12H,3-4,13H2,1-2H3,(H,24,26). The molecule has 0 atom stereocenters. The highest BCUT2D eigenvalue weighted by atomic mass is 19.4. The number of halogens is 3. The Bertz CT molecular complexity index is 784. The second-order valence-electron chi connectivity index (χ2n) is 6.19. The lowest BCUT2D eigenvalue weighted by Crippen LogP contribution is -2.27. The summed E-state index contributed by atoms with van der Waals surface area (Å²) in [5, 5.41) is 2.53. The van der Waals surface area contributed by atoms with E-state index in [1.165, 1.54) is 24.3 Å². The van der Waals surface area contributed by atoms with E-state index in [4.69, 9.17) is 0 Å². The van der Waals surface area contributed by atoms with Crippen LogP contribution < -0.4 is 5.32 Å². The summed E-state index contributed by atoms with van der Waals surface area (Å²) >= 11 is 0. The van der Waals surface area contributed by atoms with Gasteiger partial charge in [0.2, 0.25) is 0 Å². The summed E-state index contributed by atoms with van der Waals surface area (Å²) in [6, 6.07) is 10.4. The maximum Gasteiger partial charge on any atom is 0.416 e. The van der Waals surface area contributed by atoms with Crippen molar-refractivity contribution in [2.24, 2.45) is 0 Å². The van der Waals surface area contributed by atoms with E-state index in [0.717, 1.165) is 25.0 Å². The maximum atomic E-state index is 12.6. The highest BCUT2D eigenvalue weighted by molar-refractivity contribution is 6.05. The van der Waals surface area contributed by atoms with Gasteiger partial charge in [0.05, 0.1) is 5.56 Å². The summed E-state index contributed by atoms with van der Waals surface area (Å²) in [6.45, 7) is 2.70. The van der Waals surface area contributed by atoms with Gasteiger partial charge in [-0.3, -0.25) is 9.59 Å². The second kappa shape index (κ2) is 8.70. The Hall–Kier alpha value is -2.83. The molecule has 0 aliphatic rings. The van der Waals surface area contributed by atoms with Crippen LogP contribution in [0, 0.1) is 0 Å². The Kier molecular flexibility index (Phi) is 6.60. The molecule has 0 saturated carbocycles. The lowest BCUT2D eigenvalue weighted by Gasteiger charge is -2.16. The molecule has 7 heteroatoms. The smallest absolute Gasteiger partial charge is 0.342 e. The minimum absolute atomic E-state index is 0.127. The Morgan fingerprint density at radius 1 is 0.963 bits per heavy atom. The SMILES string of the molecule is CCCCN(C)C(=O)c1ccc(C(=O)Nc2ccc(C(F)(F)F)cc2)cc1. The largest absolute Gasteiger partial charge is 0.416 e. The van der Waals surface area contributed by atoms with Gasteiger partial charge in [-0.05, 0) is 55.0 Å². The minimum atomic E-state index is -4.42. The zero-order chi connectivity index (χ0) is 20.0. The topological polar surface area (TPSA) is 49.4 Å². The van der Waals surface area contributed by atoms with Crippen LogP contribution in [0.1, 0.15) is 46.0 Å². The van der Waals surface area contributed by atoms with Crippen molar-refractivity contribution in [3.63, 3.8) is 0 Å². The van der Waals surface area contributed by atoms with Crippen molar-refractivity contribution >= 4 is 17.5 Å². The summed E-state index contributed by atoms with van der Waals surface area (Å²) < 4.78 is 37.7. The third-order valence-electron chi connectivity index (χ3n) is 4.06. The number of nitrogens with zero attached hydrogens (tertiary/aromatic N) is 1. The number of hydrogen-bond donors (Lipinski definition) is 1. The zero-order valence-electron chi connectivity index (χ0n) is 15.1. The molecular weight excluding hydrogens is 357 g/mol. The summed E-state index contributed by atoms with van der Waals surface area (Å²) in [5.74, 6) is -0.591. The average molecular weight is 378 g/mol. The van der Waals surface area contributed by atoms with Gasteiger partial charge in [-0.2, -0.15) is 13.2 Å². The van der Waals surface area contributed by atoms with E-state index in [-0.39, 0.29) is 11.6 Å². The van der Waals surface area contributed by atoms with Crippen LogP contribution in [-0.4, -0.2) is 30.3 Å². The van der Waals surface area contributed by atoms with Crippen LogP contribution in [0.3, 0.4) is 0 Å². The molecule has 0 radical (unpaired) electrons. The van der Waals surface area contributed by atoms with E-state index in [2.05, 4.69) is 5.32 Å². The molecule has 0 fully saturated rings. The number of unbranched alkanes of at least 4 members (excludes halogenated alkanes) is 1. The van der Waals surface area contributed by atoms with Gasteiger partial charge in [-0.15, -0.1) is 0 Å². The van der Waals surface area contributed by atoms with Gasteiger partial charge in [0.25, 0.3) is 11.8 Å². The normalized spacial score (nSPS) is 11.1. The maximum absolute atomic E-state index is 12.6. The van der Waals surface area contributed by atoms with Crippen molar-refractivity contribution in [2.75, 3.05) is 18.9 Å². The third kappa shape index (κ3) is 5.57. The fraction of sp³-hybridized carbons (Fsp3) is 0.300. The van der Waals surface area contributed by atoms with Gasteiger partial charge in [0.15, 0.2) is 0 Å². The molecule has 27 heavy (non-hydrogen) atoms. The Morgan fingerprint density at radius 3 is 2.04 bits per heavy atom. The van der Waals surface area contributed by atoms with Crippen LogP contribution >= 0.6 is 0 Å². The van der Waals surface area contributed by atoms with E-state index in [1.54, 1.807) is 24.1 Å². The van der Waals surface area contributed by atoms with E-state index in [9.17, 15) is 22.8 Å². The molecule has 0 spiro atoms. The minimum Gasteiger partial charge on any atom is -0.342 e. The van der Waals surface area contributed by atoms with Crippen molar-refractivity contribution in [3.05, 3.63) is 65.2 Å². The average Bonchev–Trinajstić information content (AvgIpc) is 2.65. The quantitative estimate of drug-likeness (QED) is 0.783. The van der Waals surface area contributed by atoms with Crippen molar-refractivity contribution in [2.45, 2.75) is 25.9 Å². The van der Waals surface area contributed by atoms with Crippen LogP contribution in [0.15, 0.2) is 48.5 Å². The first kappa shape index (κ1) is 20.5. The molecule has 0 saturated heterocycles. The molecule has 0 aliphatic heterocycles. The monoisotopic (exact) mass is 378 g/mol. The Labute approximate surface area is 156 Å². The van der Waals surface area contributed by atoms with Crippen molar-refractivity contribution < 1.29 is 22.8 Å². The number of amides is 2. The summed E-state index contributed by atoms with van der Waals surface area (Å²) in [4.78, 5) is 26.1. The lowest BCUT2D eigenvalue weighted by molar-refractivity contribution is -0.137. The fourth-order valence-corrected chi connectivity index (χ4v) is 2.43. The number of hydrogen-bond acceptors (Lipinski definition) is 2. The molecule has 0 aliphatic carbocycles. The molecule has 0 aromatic heterocycles. The molecule has 2 aromatic rings. The van der Waals surface area contributed by atoms with E-state index in [1.807, 2.05) is 6.92 Å². The van der Waals surface area contributed by atoms with Gasteiger partial charge in [-0.1, -0.05) is 13.3 Å². The molecule has 2 amide bonds. The highest BCUT2D eigenvalue weighted by Gasteiger charge is 2.30. The van der Waals surface area contributed by atoms with Crippen LogP contribution in [-0.2, 0) is 6.18 Å². The van der Waals surface area contributed by atoms with Gasteiger partial charge in [0, 0.05) is 30.4 Å². The summed E-state index contributed by atoms with van der Waals surface area (Å²) in [6.07, 6.45) is -2.52. The number of anilines is 1. The Balaban J connectivity index is 2.02. The van der Waals surface area contributed by atoms with E-state index < -0.39 is 17.6 Å². The predicted molar refractivity (Wildman–Crippen MR) is 97.7 cm³/mol. The molecule has 1 N–H and O–H groups in total. The summed E-state index contributed by atoms with van der Waals surface area (Å²) in [5.41, 5.74) is 0.255. The first-order chi connectivity index (χ1) is 12.7. The molecule has 2 rings (SSSR count). The second-order valence-corrected chi connectivity index (χ2v) is 6.19. The van der Waals surface area contributed by atoms with Gasteiger partial charge in [0.1, 0.15) is 0 Å². The third-order valence-corrected chi connectivity index (χ3v) is 4.06. The first-order valence-electron chi connectivity index (χ1n) is 8.56. The zero-order valence-corrected chi connectivity index (χ0v) is 15.1. The lowest BCUT2D eigenvalue weighted by atomic mass is 10.1. The number of nitrogens with one attached hydrogen (secondary N) is 1. The molecule has 2 aromatic carbocycles. The highest BCUT2D eigenvalue weighted by Crippen LogP contribution is 2.29. The molecule has 4 nitrogen and oxygen atoms in total. The van der Waals surface area contributed by atoms with Crippen LogP contribution in [0.25, 0.3) is 0 Å². The number of carbonyl (C=O) groups is 2.